The lowest BCUT2D eigenvalue weighted by Crippen LogP contribution is -2.01. The molecule has 0 radical (unpaired) electrons. The molecule has 1 atom stereocenters. The van der Waals surface area contributed by atoms with E-state index in [9.17, 15) is 9.18 Å². The molecule has 1 aromatic carbocycles. The molecule has 1 unspecified atom stereocenters. The maximum Gasteiger partial charge on any atom is 0.235 e. The van der Waals surface area contributed by atoms with Gasteiger partial charge in [-0.25, -0.2) is 9.18 Å². The number of benzene rings is 1. The van der Waals surface area contributed by atoms with Crippen molar-refractivity contribution < 1.29 is 18.7 Å². The normalized spacial score (nSPS) is 11.5. The first-order valence-electron chi connectivity index (χ1n) is 4.63. The third kappa shape index (κ3) is 2.20. The molecule has 0 aliphatic carbocycles. The van der Waals surface area contributed by atoms with Crippen LogP contribution in [0.1, 0.15) is 18.5 Å². The summed E-state index contributed by atoms with van der Waals surface area (Å²) in [7, 11) is 2.80. The second-order valence-electron chi connectivity index (χ2n) is 3.09. The molecule has 0 spiro atoms. The molecular formula is C11H12FNO3. The van der Waals surface area contributed by atoms with E-state index in [4.69, 9.17) is 9.47 Å². The minimum Gasteiger partial charge on any atom is -0.496 e. The maximum atomic E-state index is 13.4. The second kappa shape index (κ2) is 5.28. The summed E-state index contributed by atoms with van der Waals surface area (Å²) >= 11 is 0. The Morgan fingerprint density at radius 1 is 1.38 bits per heavy atom. The van der Waals surface area contributed by atoms with Crippen LogP contribution in [-0.2, 0) is 4.79 Å². The van der Waals surface area contributed by atoms with Crippen LogP contribution in [0.3, 0.4) is 0 Å². The topological polar surface area (TPSA) is 47.9 Å². The molecule has 0 aliphatic heterocycles. The zero-order chi connectivity index (χ0) is 12.1. The number of aliphatic imine (C=N–C) groups is 1. The Morgan fingerprint density at radius 2 is 2.06 bits per heavy atom. The molecule has 0 bridgehead atoms. The van der Waals surface area contributed by atoms with Gasteiger partial charge in [0.15, 0.2) is 11.6 Å². The molecule has 0 aromatic heterocycles. The molecule has 1 rings (SSSR count). The molecule has 16 heavy (non-hydrogen) atoms. The Kier molecular flexibility index (Phi) is 4.03. The van der Waals surface area contributed by atoms with Crippen molar-refractivity contribution in [1.82, 2.24) is 0 Å². The molecule has 5 heteroatoms. The highest BCUT2D eigenvalue weighted by Gasteiger charge is 2.20. The minimum atomic E-state index is -0.571. The predicted octanol–water partition coefficient (Wildman–Crippen LogP) is 2.24. The Labute approximate surface area is 92.7 Å². The van der Waals surface area contributed by atoms with Gasteiger partial charge >= 0.3 is 0 Å². The van der Waals surface area contributed by atoms with Gasteiger partial charge < -0.3 is 9.47 Å². The first kappa shape index (κ1) is 12.2. The van der Waals surface area contributed by atoms with Crippen molar-refractivity contribution in [3.8, 4) is 11.5 Å². The number of ether oxygens (including phenoxy) is 2. The van der Waals surface area contributed by atoms with Crippen molar-refractivity contribution in [2.24, 2.45) is 4.99 Å². The SMILES string of the molecule is COc1ccc(F)c(OC)c1C(C)N=C=O. The molecule has 0 saturated carbocycles. The zero-order valence-electron chi connectivity index (χ0n) is 9.28. The molecule has 86 valence electrons. The highest BCUT2D eigenvalue weighted by atomic mass is 19.1. The van der Waals surface area contributed by atoms with E-state index in [0.717, 1.165) is 0 Å². The van der Waals surface area contributed by atoms with Gasteiger partial charge in [0, 0.05) is 0 Å². The summed E-state index contributed by atoms with van der Waals surface area (Å²) in [6.45, 7) is 1.63. The van der Waals surface area contributed by atoms with Gasteiger partial charge in [0.2, 0.25) is 6.08 Å². The molecule has 4 nitrogen and oxygen atoms in total. The van der Waals surface area contributed by atoms with E-state index in [1.165, 1.54) is 32.4 Å². The highest BCUT2D eigenvalue weighted by Crippen LogP contribution is 2.37. The first-order chi connectivity index (χ1) is 7.65. The summed E-state index contributed by atoms with van der Waals surface area (Å²) in [6, 6.07) is 2.13. The number of methoxy groups -OCH3 is 2. The zero-order valence-corrected chi connectivity index (χ0v) is 9.28. The highest BCUT2D eigenvalue weighted by molar-refractivity contribution is 5.49. The number of hydrogen-bond donors (Lipinski definition) is 0. The maximum absolute atomic E-state index is 13.4. The summed E-state index contributed by atoms with van der Waals surface area (Å²) in [5, 5.41) is 0. The van der Waals surface area contributed by atoms with Gasteiger partial charge in [-0.1, -0.05) is 0 Å². The predicted molar refractivity (Wildman–Crippen MR) is 56.0 cm³/mol. The molecule has 1 aromatic rings. The quantitative estimate of drug-likeness (QED) is 0.583. The van der Waals surface area contributed by atoms with E-state index in [-0.39, 0.29) is 5.75 Å². The fourth-order valence-corrected chi connectivity index (χ4v) is 1.48. The van der Waals surface area contributed by atoms with Gasteiger partial charge in [-0.15, -0.1) is 0 Å². The van der Waals surface area contributed by atoms with Crippen LogP contribution in [0.15, 0.2) is 17.1 Å². The second-order valence-corrected chi connectivity index (χ2v) is 3.09. The summed E-state index contributed by atoms with van der Waals surface area (Å²) in [4.78, 5) is 13.7. The van der Waals surface area contributed by atoms with Gasteiger partial charge in [0.1, 0.15) is 5.75 Å². The van der Waals surface area contributed by atoms with Crippen LogP contribution in [0.4, 0.5) is 4.39 Å². The van der Waals surface area contributed by atoms with Crippen LogP contribution in [0.25, 0.3) is 0 Å². The van der Waals surface area contributed by atoms with Crippen LogP contribution in [0.5, 0.6) is 11.5 Å². The van der Waals surface area contributed by atoms with E-state index in [1.807, 2.05) is 0 Å². The van der Waals surface area contributed by atoms with Crippen LogP contribution in [-0.4, -0.2) is 20.3 Å². The molecule has 0 heterocycles. The molecule has 0 saturated heterocycles. The van der Waals surface area contributed by atoms with Gasteiger partial charge in [-0.2, -0.15) is 4.99 Å². The monoisotopic (exact) mass is 225 g/mol. The Hall–Kier alpha value is -1.87. The van der Waals surface area contributed by atoms with Crippen LogP contribution < -0.4 is 9.47 Å². The Balaban J connectivity index is 3.41. The standard InChI is InChI=1S/C11H12FNO3/c1-7(13-6-14)10-9(15-2)5-4-8(12)11(10)16-3/h4-5,7H,1-3H3. The average molecular weight is 225 g/mol. The molecular weight excluding hydrogens is 213 g/mol. The lowest BCUT2D eigenvalue weighted by Gasteiger charge is -2.15. The number of halogens is 1. The molecule has 0 amide bonds. The van der Waals surface area contributed by atoms with Crippen molar-refractivity contribution in [2.75, 3.05) is 14.2 Å². The number of rotatable bonds is 4. The summed E-state index contributed by atoms with van der Waals surface area (Å²) < 4.78 is 23.5. The lowest BCUT2D eigenvalue weighted by molar-refractivity contribution is 0.361. The third-order valence-electron chi connectivity index (χ3n) is 2.20. The summed E-state index contributed by atoms with van der Waals surface area (Å²) in [5.41, 5.74) is 0.397. The van der Waals surface area contributed by atoms with Gasteiger partial charge in [-0.05, 0) is 19.1 Å². The number of isocyanates is 1. The van der Waals surface area contributed by atoms with Crippen molar-refractivity contribution >= 4 is 6.08 Å². The van der Waals surface area contributed by atoms with Crippen LogP contribution >= 0.6 is 0 Å². The van der Waals surface area contributed by atoms with E-state index >= 15 is 0 Å². The minimum absolute atomic E-state index is 0.0332. The fourth-order valence-electron chi connectivity index (χ4n) is 1.48. The summed E-state index contributed by atoms with van der Waals surface area (Å²) in [5.74, 6) is -0.0677. The number of hydrogen-bond acceptors (Lipinski definition) is 4. The van der Waals surface area contributed by atoms with E-state index in [0.29, 0.717) is 11.3 Å². The molecule has 0 fully saturated rings. The number of carbonyl (C=O) groups excluding carboxylic acids is 1. The summed E-state index contributed by atoms with van der Waals surface area (Å²) in [6.07, 6.45) is 1.43. The lowest BCUT2D eigenvalue weighted by atomic mass is 10.1. The largest absolute Gasteiger partial charge is 0.496 e. The van der Waals surface area contributed by atoms with Crippen molar-refractivity contribution in [2.45, 2.75) is 13.0 Å². The third-order valence-corrected chi connectivity index (χ3v) is 2.20. The van der Waals surface area contributed by atoms with Crippen LogP contribution in [0, 0.1) is 5.82 Å². The Morgan fingerprint density at radius 3 is 2.56 bits per heavy atom. The smallest absolute Gasteiger partial charge is 0.235 e. The fraction of sp³-hybridized carbons (Fsp3) is 0.364. The van der Waals surface area contributed by atoms with Gasteiger partial charge in [0.05, 0.1) is 25.8 Å². The van der Waals surface area contributed by atoms with Crippen molar-refractivity contribution in [1.29, 1.82) is 0 Å². The Bertz CT molecular complexity index is 427. The average Bonchev–Trinajstić information content (AvgIpc) is 2.28. The molecule has 0 N–H and O–H groups in total. The first-order valence-corrected chi connectivity index (χ1v) is 4.63. The van der Waals surface area contributed by atoms with Crippen molar-refractivity contribution in [3.05, 3.63) is 23.5 Å². The van der Waals surface area contributed by atoms with Crippen molar-refractivity contribution in [3.63, 3.8) is 0 Å². The van der Waals surface area contributed by atoms with E-state index in [1.54, 1.807) is 6.92 Å². The molecule has 0 aliphatic rings. The van der Waals surface area contributed by atoms with Gasteiger partial charge in [-0.3, -0.25) is 0 Å². The van der Waals surface area contributed by atoms with E-state index in [2.05, 4.69) is 4.99 Å². The van der Waals surface area contributed by atoms with E-state index < -0.39 is 11.9 Å². The van der Waals surface area contributed by atoms with Gasteiger partial charge in [0.25, 0.3) is 0 Å². The number of nitrogens with zero attached hydrogens (tertiary/aromatic N) is 1. The van der Waals surface area contributed by atoms with Crippen LogP contribution in [0.2, 0.25) is 0 Å².